The van der Waals surface area contributed by atoms with Crippen molar-refractivity contribution in [2.24, 2.45) is 0 Å². The van der Waals surface area contributed by atoms with Gasteiger partial charge in [0.05, 0.1) is 18.2 Å². The Morgan fingerprint density at radius 1 is 1.12 bits per heavy atom. The number of halogens is 4. The molecule has 0 heterocycles. The third-order valence-corrected chi connectivity index (χ3v) is 4.77. The molecule has 140 valence electrons. The van der Waals surface area contributed by atoms with E-state index in [1.807, 2.05) is 0 Å². The van der Waals surface area contributed by atoms with Crippen LogP contribution in [-0.4, -0.2) is 19.6 Å². The molecule has 0 aliphatic carbocycles. The number of carbonyl (C=O) groups excluding carboxylic acids is 1. The molecule has 0 fully saturated rings. The van der Waals surface area contributed by atoms with E-state index in [0.717, 1.165) is 12.1 Å². The number of rotatable bonds is 5. The zero-order chi connectivity index (χ0) is 19.5. The number of ether oxygens (including phenoxy) is 1. The van der Waals surface area contributed by atoms with Crippen LogP contribution in [0.2, 0.25) is 0 Å². The molecule has 1 N–H and O–H groups in total. The van der Waals surface area contributed by atoms with E-state index in [0.29, 0.717) is 21.3 Å². The highest BCUT2D eigenvalue weighted by Gasteiger charge is 2.32. The molecule has 2 aromatic carbocycles. The maximum Gasteiger partial charge on any atom is 0.416 e. The summed E-state index contributed by atoms with van der Waals surface area (Å²) in [4.78, 5) is 12.5. The Bertz CT molecular complexity index is 804. The Kier molecular flexibility index (Phi) is 6.01. The molecule has 0 radical (unpaired) electrons. The Hall–Kier alpha value is -2.02. The first-order valence-electron chi connectivity index (χ1n) is 7.84. The highest BCUT2D eigenvalue weighted by atomic mass is 79.9. The number of amides is 1. The van der Waals surface area contributed by atoms with Gasteiger partial charge >= 0.3 is 6.18 Å². The van der Waals surface area contributed by atoms with E-state index in [2.05, 4.69) is 21.2 Å². The molecule has 0 aromatic heterocycles. The van der Waals surface area contributed by atoms with Crippen LogP contribution in [0.15, 0.2) is 46.9 Å². The van der Waals surface area contributed by atoms with E-state index in [-0.39, 0.29) is 12.5 Å². The molecule has 0 aliphatic heterocycles. The summed E-state index contributed by atoms with van der Waals surface area (Å²) in [5, 5.41) is 2.78. The van der Waals surface area contributed by atoms with Crippen LogP contribution in [0, 0.1) is 0 Å². The zero-order valence-corrected chi connectivity index (χ0v) is 16.2. The van der Waals surface area contributed by atoms with Crippen molar-refractivity contribution in [2.45, 2.75) is 25.4 Å². The Morgan fingerprint density at radius 3 is 2.38 bits per heavy atom. The molecule has 0 saturated heterocycles. The van der Waals surface area contributed by atoms with Crippen molar-refractivity contribution in [1.82, 2.24) is 5.32 Å². The van der Waals surface area contributed by atoms with E-state index in [4.69, 9.17) is 4.74 Å². The van der Waals surface area contributed by atoms with E-state index < -0.39 is 17.2 Å². The second-order valence-corrected chi connectivity index (χ2v) is 7.35. The van der Waals surface area contributed by atoms with Crippen molar-refractivity contribution in [1.29, 1.82) is 0 Å². The molecule has 2 rings (SSSR count). The van der Waals surface area contributed by atoms with Crippen molar-refractivity contribution in [3.63, 3.8) is 0 Å². The smallest absolute Gasteiger partial charge is 0.416 e. The molecule has 0 spiro atoms. The minimum absolute atomic E-state index is 0.177. The monoisotopic (exact) mass is 429 g/mol. The lowest BCUT2D eigenvalue weighted by atomic mass is 9.83. The maximum absolute atomic E-state index is 12.9. The van der Waals surface area contributed by atoms with Gasteiger partial charge in [0.25, 0.3) is 5.91 Å². The van der Waals surface area contributed by atoms with Gasteiger partial charge in [0.15, 0.2) is 0 Å². The largest absolute Gasteiger partial charge is 0.497 e. The van der Waals surface area contributed by atoms with E-state index in [1.54, 1.807) is 38.1 Å². The summed E-state index contributed by atoms with van der Waals surface area (Å²) in [7, 11) is 1.50. The molecule has 0 bridgehead atoms. The number of hydrogen-bond acceptors (Lipinski definition) is 2. The van der Waals surface area contributed by atoms with Gasteiger partial charge in [0.2, 0.25) is 0 Å². The maximum atomic E-state index is 12.9. The fourth-order valence-electron chi connectivity index (χ4n) is 2.42. The molecule has 0 atom stereocenters. The minimum atomic E-state index is -4.40. The second-order valence-electron chi connectivity index (χ2n) is 6.49. The number of methoxy groups -OCH3 is 1. The van der Waals surface area contributed by atoms with Crippen LogP contribution in [0.5, 0.6) is 5.75 Å². The Labute approximate surface area is 158 Å². The van der Waals surface area contributed by atoms with Gasteiger partial charge in [-0.2, -0.15) is 13.2 Å². The number of benzene rings is 2. The SMILES string of the molecule is COc1ccc(Br)c(C(=O)NCC(C)(C)c2cccc(C(F)(F)F)c2)c1. The minimum Gasteiger partial charge on any atom is -0.497 e. The average molecular weight is 430 g/mol. The van der Waals surface area contributed by atoms with Gasteiger partial charge in [-0.15, -0.1) is 0 Å². The van der Waals surface area contributed by atoms with Crippen LogP contribution < -0.4 is 10.1 Å². The highest BCUT2D eigenvalue weighted by Crippen LogP contribution is 2.32. The highest BCUT2D eigenvalue weighted by molar-refractivity contribution is 9.10. The summed E-state index contributed by atoms with van der Waals surface area (Å²) in [6, 6.07) is 10.2. The summed E-state index contributed by atoms with van der Waals surface area (Å²) < 4.78 is 44.5. The lowest BCUT2D eigenvalue weighted by Crippen LogP contribution is -2.37. The molecular formula is C19H19BrF3NO2. The Balaban J connectivity index is 2.16. The molecule has 0 unspecified atom stereocenters. The summed E-state index contributed by atoms with van der Waals surface area (Å²) >= 11 is 3.32. The fraction of sp³-hybridized carbons (Fsp3) is 0.316. The van der Waals surface area contributed by atoms with Crippen LogP contribution in [-0.2, 0) is 11.6 Å². The Morgan fingerprint density at radius 2 is 1.77 bits per heavy atom. The van der Waals surface area contributed by atoms with Crippen LogP contribution >= 0.6 is 15.9 Å². The topological polar surface area (TPSA) is 38.3 Å². The molecule has 2 aromatic rings. The summed E-state index contributed by atoms with van der Waals surface area (Å²) in [6.07, 6.45) is -4.40. The standard InChI is InChI=1S/C19H19BrF3NO2/c1-18(2,12-5-4-6-13(9-12)19(21,22)23)11-24-17(25)15-10-14(26-3)7-8-16(15)20/h4-10H,11H2,1-3H3,(H,24,25). The second kappa shape index (κ2) is 7.70. The van der Waals surface area contributed by atoms with Gasteiger partial charge in [0, 0.05) is 16.4 Å². The number of alkyl halides is 3. The van der Waals surface area contributed by atoms with Gasteiger partial charge in [-0.3, -0.25) is 4.79 Å². The normalized spacial score (nSPS) is 12.0. The molecule has 7 heteroatoms. The van der Waals surface area contributed by atoms with Crippen molar-refractivity contribution < 1.29 is 22.7 Å². The van der Waals surface area contributed by atoms with Gasteiger partial charge in [-0.1, -0.05) is 32.0 Å². The third-order valence-electron chi connectivity index (χ3n) is 4.08. The molecule has 0 saturated carbocycles. The van der Waals surface area contributed by atoms with Crippen LogP contribution in [0.25, 0.3) is 0 Å². The molecule has 0 aliphatic rings. The lowest BCUT2D eigenvalue weighted by Gasteiger charge is -2.26. The predicted molar refractivity (Wildman–Crippen MR) is 97.5 cm³/mol. The van der Waals surface area contributed by atoms with Crippen molar-refractivity contribution >= 4 is 21.8 Å². The number of nitrogens with one attached hydrogen (secondary N) is 1. The van der Waals surface area contributed by atoms with Gasteiger partial charge in [-0.05, 0) is 45.8 Å². The zero-order valence-electron chi connectivity index (χ0n) is 14.6. The lowest BCUT2D eigenvalue weighted by molar-refractivity contribution is -0.137. The van der Waals surface area contributed by atoms with Gasteiger partial charge < -0.3 is 10.1 Å². The fourth-order valence-corrected chi connectivity index (χ4v) is 2.85. The molecule has 26 heavy (non-hydrogen) atoms. The average Bonchev–Trinajstić information content (AvgIpc) is 2.59. The van der Waals surface area contributed by atoms with Crippen molar-refractivity contribution in [3.8, 4) is 5.75 Å². The van der Waals surface area contributed by atoms with Gasteiger partial charge in [-0.25, -0.2) is 0 Å². The van der Waals surface area contributed by atoms with E-state index in [1.165, 1.54) is 13.2 Å². The summed E-state index contributed by atoms with van der Waals surface area (Å²) in [5.74, 6) is 0.200. The first-order chi connectivity index (χ1) is 12.0. The van der Waals surface area contributed by atoms with E-state index in [9.17, 15) is 18.0 Å². The van der Waals surface area contributed by atoms with E-state index >= 15 is 0 Å². The van der Waals surface area contributed by atoms with Crippen molar-refractivity contribution in [3.05, 3.63) is 63.6 Å². The molecule has 3 nitrogen and oxygen atoms in total. The molecule has 1 amide bonds. The summed E-state index contributed by atoms with van der Waals surface area (Å²) in [6.45, 7) is 3.74. The first kappa shape index (κ1) is 20.3. The quantitative estimate of drug-likeness (QED) is 0.710. The molecular weight excluding hydrogens is 411 g/mol. The number of carbonyl (C=O) groups is 1. The van der Waals surface area contributed by atoms with Crippen LogP contribution in [0.1, 0.15) is 35.3 Å². The summed E-state index contributed by atoms with van der Waals surface area (Å²) in [5.41, 5.74) is -0.492. The van der Waals surface area contributed by atoms with Crippen LogP contribution in [0.4, 0.5) is 13.2 Å². The van der Waals surface area contributed by atoms with Gasteiger partial charge in [0.1, 0.15) is 5.75 Å². The first-order valence-corrected chi connectivity index (χ1v) is 8.63. The third kappa shape index (κ3) is 4.78. The van der Waals surface area contributed by atoms with Crippen molar-refractivity contribution in [2.75, 3.05) is 13.7 Å². The number of hydrogen-bond donors (Lipinski definition) is 1. The van der Waals surface area contributed by atoms with Crippen LogP contribution in [0.3, 0.4) is 0 Å². The predicted octanol–water partition coefficient (Wildman–Crippen LogP) is 5.18.